The summed E-state index contributed by atoms with van der Waals surface area (Å²) in [5.41, 5.74) is 4.37. The monoisotopic (exact) mass is 478 g/mol. The number of hydrogen-bond donors (Lipinski definition) is 2. The Morgan fingerprint density at radius 2 is 2.12 bits per heavy atom. The molecular formula is C25H23ClN4O4. The molecule has 1 saturated heterocycles. The van der Waals surface area contributed by atoms with Gasteiger partial charge in [0.25, 0.3) is 5.91 Å². The number of nitrogens with zero attached hydrogens (tertiary/aromatic N) is 3. The van der Waals surface area contributed by atoms with Crippen LogP contribution in [0.3, 0.4) is 0 Å². The van der Waals surface area contributed by atoms with Gasteiger partial charge >= 0.3 is 0 Å². The summed E-state index contributed by atoms with van der Waals surface area (Å²) in [6.07, 6.45) is 3.23. The first-order chi connectivity index (χ1) is 16.5. The fourth-order valence-electron chi connectivity index (χ4n) is 3.94. The zero-order valence-corrected chi connectivity index (χ0v) is 19.2. The van der Waals surface area contributed by atoms with Crippen molar-refractivity contribution in [2.75, 3.05) is 20.3 Å². The zero-order chi connectivity index (χ0) is 23.7. The Morgan fingerprint density at radius 3 is 2.85 bits per heavy atom. The lowest BCUT2D eigenvalue weighted by Gasteiger charge is -2.28. The number of carbonyl (C=O) groups excluding carboxylic acids is 1. The third kappa shape index (κ3) is 4.35. The van der Waals surface area contributed by atoms with Crippen molar-refractivity contribution in [3.63, 3.8) is 0 Å². The quantitative estimate of drug-likeness (QED) is 0.419. The van der Waals surface area contributed by atoms with Gasteiger partial charge in [-0.05, 0) is 35.9 Å². The highest BCUT2D eigenvalue weighted by atomic mass is 35.5. The van der Waals surface area contributed by atoms with Gasteiger partial charge in [0, 0.05) is 46.9 Å². The van der Waals surface area contributed by atoms with Crippen LogP contribution in [0.1, 0.15) is 21.6 Å². The molecule has 0 atom stereocenters. The molecule has 3 heterocycles. The van der Waals surface area contributed by atoms with Gasteiger partial charge in [-0.2, -0.15) is 5.10 Å². The fourth-order valence-corrected chi connectivity index (χ4v) is 4.13. The third-order valence-electron chi connectivity index (χ3n) is 5.82. The maximum atomic E-state index is 13.3. The van der Waals surface area contributed by atoms with Gasteiger partial charge in [-0.25, -0.2) is 0 Å². The first kappa shape index (κ1) is 22.3. The summed E-state index contributed by atoms with van der Waals surface area (Å²) in [7, 11) is 1.73. The van der Waals surface area contributed by atoms with Crippen molar-refractivity contribution in [2.45, 2.75) is 19.3 Å². The predicted octanol–water partition coefficient (Wildman–Crippen LogP) is 3.82. The molecule has 0 radical (unpaired) electrons. The van der Waals surface area contributed by atoms with E-state index >= 15 is 0 Å². The van der Waals surface area contributed by atoms with Crippen molar-refractivity contribution < 1.29 is 19.4 Å². The molecule has 9 heteroatoms. The predicted molar refractivity (Wildman–Crippen MR) is 128 cm³/mol. The Morgan fingerprint density at radius 1 is 1.26 bits per heavy atom. The van der Waals surface area contributed by atoms with E-state index in [1.807, 2.05) is 30.3 Å². The lowest BCUT2D eigenvalue weighted by atomic mass is 10.0. The zero-order valence-electron chi connectivity index (χ0n) is 18.5. The van der Waals surface area contributed by atoms with Crippen LogP contribution in [-0.4, -0.2) is 57.5 Å². The summed E-state index contributed by atoms with van der Waals surface area (Å²) in [4.78, 5) is 19.2. The molecule has 1 fully saturated rings. The van der Waals surface area contributed by atoms with Crippen LogP contribution in [0.2, 0.25) is 5.02 Å². The highest BCUT2D eigenvalue weighted by Gasteiger charge is 2.23. The molecule has 34 heavy (non-hydrogen) atoms. The molecule has 2 aromatic carbocycles. The van der Waals surface area contributed by atoms with Crippen molar-refractivity contribution >= 4 is 28.4 Å². The molecule has 1 aliphatic heterocycles. The van der Waals surface area contributed by atoms with Gasteiger partial charge in [-0.1, -0.05) is 23.7 Å². The number of fused-ring (bicyclic) bond motifs is 1. The van der Waals surface area contributed by atoms with E-state index in [1.54, 1.807) is 36.5 Å². The lowest BCUT2D eigenvalue weighted by Crippen LogP contribution is -2.38. The van der Waals surface area contributed by atoms with Crippen LogP contribution < -0.4 is 4.74 Å². The molecule has 2 N–H and O–H groups in total. The number of amides is 1. The number of H-pyrrole nitrogens is 1. The van der Waals surface area contributed by atoms with E-state index in [-0.39, 0.29) is 18.6 Å². The number of ether oxygens (including phenoxy) is 2. The molecule has 2 aromatic heterocycles. The topological polar surface area (TPSA) is 101 Å². The Bertz CT molecular complexity index is 1350. The third-order valence-corrected chi connectivity index (χ3v) is 6.05. The number of aliphatic hydroxyl groups is 1. The molecule has 0 saturated carbocycles. The summed E-state index contributed by atoms with van der Waals surface area (Å²) in [6.45, 7) is 1.17. The molecule has 4 aromatic rings. The molecule has 0 unspecified atom stereocenters. The minimum Gasteiger partial charge on any atom is -0.485 e. The van der Waals surface area contributed by atoms with E-state index in [2.05, 4.69) is 15.2 Å². The molecule has 0 spiro atoms. The average Bonchev–Trinajstić information content (AvgIpc) is 3.31. The molecule has 5 rings (SSSR count). The van der Waals surface area contributed by atoms with Crippen LogP contribution >= 0.6 is 11.6 Å². The average molecular weight is 479 g/mol. The molecule has 174 valence electrons. The van der Waals surface area contributed by atoms with Gasteiger partial charge in [0.05, 0.1) is 37.2 Å². The van der Waals surface area contributed by atoms with Gasteiger partial charge < -0.3 is 19.5 Å². The van der Waals surface area contributed by atoms with E-state index in [4.69, 9.17) is 21.1 Å². The van der Waals surface area contributed by atoms with E-state index < -0.39 is 0 Å². The fraction of sp³-hybridized carbons (Fsp3) is 0.240. The second kappa shape index (κ2) is 9.42. The first-order valence-electron chi connectivity index (χ1n) is 10.8. The van der Waals surface area contributed by atoms with Crippen LogP contribution in [0.4, 0.5) is 0 Å². The second-order valence-electron chi connectivity index (χ2n) is 8.21. The van der Waals surface area contributed by atoms with Crippen molar-refractivity contribution in [3.8, 4) is 16.9 Å². The van der Waals surface area contributed by atoms with E-state index in [0.717, 1.165) is 27.6 Å². The number of aromatic nitrogens is 3. The normalized spacial score (nSPS) is 13.6. The van der Waals surface area contributed by atoms with Gasteiger partial charge in [-0.3, -0.25) is 14.9 Å². The smallest absolute Gasteiger partial charge is 0.254 e. The molecule has 0 aliphatic carbocycles. The van der Waals surface area contributed by atoms with Crippen molar-refractivity contribution in [3.05, 3.63) is 76.7 Å². The van der Waals surface area contributed by atoms with Crippen molar-refractivity contribution in [2.24, 2.45) is 0 Å². The number of nitrogens with one attached hydrogen (secondary N) is 1. The first-order valence-corrected chi connectivity index (χ1v) is 11.2. The summed E-state index contributed by atoms with van der Waals surface area (Å²) in [5.74, 6) is 0.450. The van der Waals surface area contributed by atoms with Crippen LogP contribution in [0.15, 0.2) is 54.9 Å². The molecule has 0 bridgehead atoms. The van der Waals surface area contributed by atoms with Gasteiger partial charge in [0.1, 0.15) is 11.9 Å². The largest absolute Gasteiger partial charge is 0.485 e. The maximum Gasteiger partial charge on any atom is 0.254 e. The van der Waals surface area contributed by atoms with Crippen LogP contribution in [0.25, 0.3) is 22.0 Å². The van der Waals surface area contributed by atoms with Crippen molar-refractivity contribution in [1.29, 1.82) is 0 Å². The van der Waals surface area contributed by atoms with Crippen LogP contribution in [-0.2, 0) is 17.9 Å². The number of benzene rings is 2. The number of aliphatic hydroxyl groups excluding tert-OH is 1. The number of rotatable bonds is 7. The Balaban J connectivity index is 1.43. The number of aromatic amines is 1. The minimum absolute atomic E-state index is 0.0502. The molecule has 1 amide bonds. The van der Waals surface area contributed by atoms with Gasteiger partial charge in [0.2, 0.25) is 0 Å². The Kier molecular flexibility index (Phi) is 6.19. The highest BCUT2D eigenvalue weighted by molar-refractivity contribution is 6.30. The second-order valence-corrected chi connectivity index (χ2v) is 8.64. The molecule has 8 nitrogen and oxygen atoms in total. The number of halogens is 1. The number of pyridine rings is 1. The summed E-state index contributed by atoms with van der Waals surface area (Å²) < 4.78 is 11.4. The Hall–Kier alpha value is -3.46. The standard InChI is InChI=1S/C25H23ClN4O4/c1-30(11-17-9-27-22(12-31)21-10-28-29-24(17)21)25(32)16-5-6-20(15-3-2-4-18(26)7-15)23(8-16)34-19-13-33-14-19/h2-10,19,31H,11-14H2,1H3,(H,28,29). The maximum absolute atomic E-state index is 13.3. The summed E-state index contributed by atoms with van der Waals surface area (Å²) >= 11 is 6.20. The number of carbonyl (C=O) groups is 1. The van der Waals surface area contributed by atoms with E-state index in [9.17, 15) is 9.90 Å². The van der Waals surface area contributed by atoms with Gasteiger partial charge in [0.15, 0.2) is 0 Å². The highest BCUT2D eigenvalue weighted by Crippen LogP contribution is 2.34. The minimum atomic E-state index is -0.182. The molecule has 1 aliphatic rings. The lowest BCUT2D eigenvalue weighted by molar-refractivity contribution is -0.0794. The summed E-state index contributed by atoms with van der Waals surface area (Å²) in [5, 5.41) is 17.9. The van der Waals surface area contributed by atoms with Crippen LogP contribution in [0, 0.1) is 0 Å². The number of hydrogen-bond acceptors (Lipinski definition) is 6. The van der Waals surface area contributed by atoms with E-state index in [0.29, 0.717) is 41.8 Å². The van der Waals surface area contributed by atoms with Gasteiger partial charge in [-0.15, -0.1) is 0 Å². The van der Waals surface area contributed by atoms with Crippen LogP contribution in [0.5, 0.6) is 5.75 Å². The van der Waals surface area contributed by atoms with E-state index in [1.165, 1.54) is 0 Å². The Labute approximate surface area is 201 Å². The van der Waals surface area contributed by atoms with Crippen molar-refractivity contribution in [1.82, 2.24) is 20.1 Å². The summed E-state index contributed by atoms with van der Waals surface area (Å²) in [6, 6.07) is 13.0. The molecular weight excluding hydrogens is 456 g/mol. The SMILES string of the molecule is CN(Cc1cnc(CO)c2cn[nH]c12)C(=O)c1ccc(-c2cccc(Cl)c2)c(OC2COC2)c1.